The smallest absolute Gasteiger partial charge is 0.299 e. The lowest BCUT2D eigenvalue weighted by Crippen LogP contribution is -2.45. The van der Waals surface area contributed by atoms with Crippen LogP contribution in [0.5, 0.6) is 0 Å². The number of carbonyl (C=O) groups excluding carboxylic acids is 1. The Kier molecular flexibility index (Phi) is 4.68. The molecule has 0 radical (unpaired) electrons. The fourth-order valence-corrected chi connectivity index (χ4v) is 2.79. The molecule has 1 atom stereocenters. The molecule has 1 aromatic carbocycles. The molecule has 0 fully saturated rings. The monoisotopic (exact) mass is 381 g/mol. The Morgan fingerprint density at radius 3 is 2.78 bits per heavy atom. The molecule has 0 saturated carbocycles. The largest absolute Gasteiger partial charge is 0.385 e. The van der Waals surface area contributed by atoms with E-state index < -0.39 is 35.4 Å². The number of benzene rings is 1. The Morgan fingerprint density at radius 2 is 2.11 bits per heavy atom. The highest BCUT2D eigenvalue weighted by Gasteiger charge is 2.54. The van der Waals surface area contributed by atoms with Gasteiger partial charge in [0.2, 0.25) is 0 Å². The fourth-order valence-electron chi connectivity index (χ4n) is 2.79. The minimum atomic E-state index is -3.52. The number of carbonyl (C=O) groups is 1. The van der Waals surface area contributed by atoms with Gasteiger partial charge in [-0.25, -0.2) is 13.2 Å². The molecule has 1 unspecified atom stereocenters. The number of nitrogens with zero attached hydrogens (tertiary/aromatic N) is 3. The van der Waals surface area contributed by atoms with Gasteiger partial charge in [0.05, 0.1) is 0 Å². The molecule has 2 aromatic rings. The van der Waals surface area contributed by atoms with Crippen LogP contribution in [0.3, 0.4) is 0 Å². The maximum absolute atomic E-state index is 14.7. The zero-order valence-electron chi connectivity index (χ0n) is 14.7. The molecule has 0 aliphatic carbocycles. The second-order valence-electron chi connectivity index (χ2n) is 6.40. The maximum atomic E-state index is 14.7. The Morgan fingerprint density at radius 1 is 1.37 bits per heavy atom. The van der Waals surface area contributed by atoms with Crippen LogP contribution in [0.15, 0.2) is 35.5 Å². The molecule has 1 amide bonds. The van der Waals surface area contributed by atoms with Crippen LogP contribution >= 0.6 is 0 Å². The van der Waals surface area contributed by atoms with Crippen molar-refractivity contribution in [1.82, 2.24) is 9.78 Å². The Bertz CT molecular complexity index is 912. The minimum absolute atomic E-state index is 0.123. The van der Waals surface area contributed by atoms with Gasteiger partial charge in [-0.1, -0.05) is 0 Å². The van der Waals surface area contributed by atoms with Gasteiger partial charge in [0, 0.05) is 24.5 Å². The van der Waals surface area contributed by atoms with Gasteiger partial charge in [-0.15, -0.1) is 0 Å². The molecule has 0 bridgehead atoms. The molecule has 3 N–H and O–H groups in total. The van der Waals surface area contributed by atoms with Gasteiger partial charge in [-0.2, -0.15) is 5.10 Å². The number of aromatic nitrogens is 2. The zero-order chi connectivity index (χ0) is 19.8. The first-order valence-electron chi connectivity index (χ1n) is 8.03. The summed E-state index contributed by atoms with van der Waals surface area (Å²) in [5.41, 5.74) is 3.17. The predicted octanol–water partition coefficient (Wildman–Crippen LogP) is 2.05. The SMILES string of the molecule is Cn1ccc(C(=O)Nc2ccc(F)c(C3(C)N=C(N)COCC3(F)F)c2)n1. The first kappa shape index (κ1) is 18.9. The Hall–Kier alpha value is -2.88. The molecule has 1 aliphatic heterocycles. The number of hydrogen-bond acceptors (Lipinski definition) is 5. The first-order valence-corrected chi connectivity index (χ1v) is 8.03. The third-order valence-electron chi connectivity index (χ3n) is 4.31. The van der Waals surface area contributed by atoms with E-state index in [0.717, 1.165) is 19.1 Å². The van der Waals surface area contributed by atoms with Gasteiger partial charge in [0.1, 0.15) is 24.9 Å². The molecular weight excluding hydrogens is 363 g/mol. The number of hydrogen-bond donors (Lipinski definition) is 2. The van der Waals surface area contributed by atoms with Crippen molar-refractivity contribution < 1.29 is 22.7 Å². The number of amides is 1. The van der Waals surface area contributed by atoms with E-state index in [1.54, 1.807) is 13.2 Å². The summed E-state index contributed by atoms with van der Waals surface area (Å²) in [5, 5.41) is 6.46. The van der Waals surface area contributed by atoms with Crippen molar-refractivity contribution in [3.63, 3.8) is 0 Å². The lowest BCUT2D eigenvalue weighted by molar-refractivity contribution is -0.116. The summed E-state index contributed by atoms with van der Waals surface area (Å²) in [5.74, 6) is -5.14. The van der Waals surface area contributed by atoms with E-state index in [1.807, 2.05) is 0 Å². The number of amidine groups is 1. The molecule has 1 aliphatic rings. The van der Waals surface area contributed by atoms with Crippen LogP contribution in [0.2, 0.25) is 0 Å². The van der Waals surface area contributed by atoms with Crippen molar-refractivity contribution in [2.75, 3.05) is 18.5 Å². The Balaban J connectivity index is 1.99. The molecule has 10 heteroatoms. The Labute approximate surface area is 153 Å². The van der Waals surface area contributed by atoms with Crippen LogP contribution in [-0.4, -0.2) is 40.7 Å². The third kappa shape index (κ3) is 3.52. The van der Waals surface area contributed by atoms with E-state index in [-0.39, 0.29) is 23.8 Å². The average Bonchev–Trinajstić information content (AvgIpc) is 2.98. The number of nitrogens with one attached hydrogen (secondary N) is 1. The quantitative estimate of drug-likeness (QED) is 0.851. The van der Waals surface area contributed by atoms with Crippen LogP contribution in [0, 0.1) is 5.82 Å². The minimum Gasteiger partial charge on any atom is -0.385 e. The van der Waals surface area contributed by atoms with Gasteiger partial charge in [-0.05, 0) is 31.2 Å². The normalized spacial score (nSPS) is 22.0. The van der Waals surface area contributed by atoms with Gasteiger partial charge in [-0.3, -0.25) is 14.5 Å². The lowest BCUT2D eigenvalue weighted by Gasteiger charge is -2.33. The maximum Gasteiger partial charge on any atom is 0.299 e. The van der Waals surface area contributed by atoms with Crippen molar-refractivity contribution in [2.45, 2.75) is 18.4 Å². The first-order chi connectivity index (χ1) is 12.6. The van der Waals surface area contributed by atoms with Crippen LogP contribution < -0.4 is 11.1 Å². The highest BCUT2D eigenvalue weighted by atomic mass is 19.3. The molecule has 144 valence electrons. The van der Waals surface area contributed by atoms with Gasteiger partial charge >= 0.3 is 0 Å². The lowest BCUT2D eigenvalue weighted by atomic mass is 9.85. The topological polar surface area (TPSA) is 94.5 Å². The number of aryl methyl sites for hydroxylation is 1. The molecular formula is C17H18F3N5O2. The fraction of sp³-hybridized carbons (Fsp3) is 0.353. The standard InChI is InChI=1S/C17H18F3N5O2/c1-16(17(19,20)9-27-8-14(21)23-16)11-7-10(3-4-12(11)18)22-15(26)13-5-6-25(2)24-13/h3-7H,8-9H2,1-2H3,(H2,21,23)(H,22,26). The number of halogens is 3. The molecule has 7 nitrogen and oxygen atoms in total. The van der Waals surface area contributed by atoms with Crippen LogP contribution in [0.4, 0.5) is 18.9 Å². The summed E-state index contributed by atoms with van der Waals surface area (Å²) in [6.45, 7) is -0.155. The summed E-state index contributed by atoms with van der Waals surface area (Å²) in [7, 11) is 1.65. The summed E-state index contributed by atoms with van der Waals surface area (Å²) >= 11 is 0. The number of nitrogens with two attached hydrogens (primary N) is 1. The second kappa shape index (κ2) is 6.69. The van der Waals surface area contributed by atoms with E-state index in [0.29, 0.717) is 0 Å². The number of anilines is 1. The van der Waals surface area contributed by atoms with E-state index in [4.69, 9.17) is 10.5 Å². The van der Waals surface area contributed by atoms with Crippen molar-refractivity contribution in [2.24, 2.45) is 17.8 Å². The molecule has 2 heterocycles. The van der Waals surface area contributed by atoms with E-state index >= 15 is 0 Å². The molecule has 1 aromatic heterocycles. The van der Waals surface area contributed by atoms with Gasteiger partial charge < -0.3 is 15.8 Å². The number of alkyl halides is 2. The molecule has 27 heavy (non-hydrogen) atoms. The van der Waals surface area contributed by atoms with Gasteiger partial charge in [0.15, 0.2) is 11.2 Å². The van der Waals surface area contributed by atoms with E-state index in [1.165, 1.54) is 16.8 Å². The van der Waals surface area contributed by atoms with Gasteiger partial charge in [0.25, 0.3) is 11.8 Å². The van der Waals surface area contributed by atoms with Crippen molar-refractivity contribution in [3.8, 4) is 0 Å². The highest BCUT2D eigenvalue weighted by Crippen LogP contribution is 2.44. The molecule has 3 rings (SSSR count). The van der Waals surface area contributed by atoms with Crippen molar-refractivity contribution in [3.05, 3.63) is 47.5 Å². The molecule has 0 saturated heterocycles. The summed E-state index contributed by atoms with van der Waals surface area (Å²) < 4.78 is 50.0. The predicted molar refractivity (Wildman–Crippen MR) is 92.3 cm³/mol. The van der Waals surface area contributed by atoms with Crippen molar-refractivity contribution in [1.29, 1.82) is 0 Å². The highest BCUT2D eigenvalue weighted by molar-refractivity contribution is 6.02. The number of rotatable bonds is 3. The summed E-state index contributed by atoms with van der Waals surface area (Å²) in [6.07, 6.45) is 1.58. The second-order valence-corrected chi connectivity index (χ2v) is 6.40. The van der Waals surface area contributed by atoms with Crippen molar-refractivity contribution >= 4 is 17.4 Å². The summed E-state index contributed by atoms with van der Waals surface area (Å²) in [6, 6.07) is 4.86. The van der Waals surface area contributed by atoms with E-state index in [9.17, 15) is 18.0 Å². The number of ether oxygens (including phenoxy) is 1. The number of aliphatic imine (C=N–C) groups is 1. The van der Waals surface area contributed by atoms with Crippen LogP contribution in [0.1, 0.15) is 23.0 Å². The molecule has 0 spiro atoms. The van der Waals surface area contributed by atoms with E-state index in [2.05, 4.69) is 15.4 Å². The van der Waals surface area contributed by atoms with Crippen LogP contribution in [-0.2, 0) is 17.3 Å². The third-order valence-corrected chi connectivity index (χ3v) is 4.31. The summed E-state index contributed by atoms with van der Waals surface area (Å²) in [4.78, 5) is 16.0. The average molecular weight is 381 g/mol. The van der Waals surface area contributed by atoms with Crippen LogP contribution in [0.25, 0.3) is 0 Å². The zero-order valence-corrected chi connectivity index (χ0v) is 14.7.